The number of halogens is 2. The van der Waals surface area contributed by atoms with Gasteiger partial charge < -0.3 is 9.94 Å². The third-order valence-electron chi connectivity index (χ3n) is 2.58. The van der Waals surface area contributed by atoms with Crippen molar-refractivity contribution in [1.29, 1.82) is 0 Å². The molecule has 0 radical (unpaired) electrons. The van der Waals surface area contributed by atoms with Crippen LogP contribution in [-0.2, 0) is 6.61 Å². The summed E-state index contributed by atoms with van der Waals surface area (Å²) in [6.07, 6.45) is 1.37. The Balaban J connectivity index is 2.28. The van der Waals surface area contributed by atoms with Crippen molar-refractivity contribution in [3.63, 3.8) is 0 Å². The summed E-state index contributed by atoms with van der Waals surface area (Å²) in [6.45, 7) is 0.367. The Kier molecular flexibility index (Phi) is 4.88. The number of hydroxylamine groups is 1. The van der Waals surface area contributed by atoms with Crippen molar-refractivity contribution in [2.75, 3.05) is 7.05 Å². The van der Waals surface area contributed by atoms with Gasteiger partial charge in [-0.25, -0.2) is 4.74 Å². The van der Waals surface area contributed by atoms with Crippen LogP contribution in [0.5, 0.6) is 5.75 Å². The van der Waals surface area contributed by atoms with Crippen LogP contribution in [0.1, 0.15) is 11.1 Å². The lowest BCUT2D eigenvalue weighted by molar-refractivity contribution is -0.416. The average Bonchev–Trinajstić information content (AvgIpc) is 2.38. The molecule has 0 saturated heterocycles. The molecule has 0 spiro atoms. The minimum Gasteiger partial charge on any atom is -0.624 e. The van der Waals surface area contributed by atoms with Crippen LogP contribution in [0.15, 0.2) is 42.5 Å². The van der Waals surface area contributed by atoms with E-state index in [1.807, 2.05) is 30.3 Å². The summed E-state index contributed by atoms with van der Waals surface area (Å²) < 4.78 is 6.40. The average molecular weight is 310 g/mol. The maximum Gasteiger partial charge on any atom is 0.185 e. The standard InChI is InChI=1S/C15H13Cl2NO2/c1-18(19)9-12-7-13(16)8-14(17)15(12)20-10-11-5-3-2-4-6-11/h2-9H,10H2,1H3. The van der Waals surface area contributed by atoms with Crippen molar-refractivity contribution in [3.05, 3.63) is 68.8 Å². The molecule has 3 nitrogen and oxygen atoms in total. The summed E-state index contributed by atoms with van der Waals surface area (Å²) in [5, 5.41) is 12.0. The number of hydrogen-bond donors (Lipinski definition) is 0. The Labute approximate surface area is 127 Å². The van der Waals surface area contributed by atoms with Crippen molar-refractivity contribution >= 4 is 29.4 Å². The predicted octanol–water partition coefficient (Wildman–Crippen LogP) is 4.13. The van der Waals surface area contributed by atoms with Crippen molar-refractivity contribution in [3.8, 4) is 5.75 Å². The first-order valence-electron chi connectivity index (χ1n) is 5.97. The largest absolute Gasteiger partial charge is 0.624 e. The van der Waals surface area contributed by atoms with Gasteiger partial charge in [0.2, 0.25) is 0 Å². The van der Waals surface area contributed by atoms with Gasteiger partial charge in [0, 0.05) is 5.02 Å². The normalized spacial score (nSPS) is 11.4. The molecule has 2 aromatic carbocycles. The van der Waals surface area contributed by atoms with E-state index in [0.717, 1.165) is 5.56 Å². The van der Waals surface area contributed by atoms with E-state index in [4.69, 9.17) is 27.9 Å². The number of hydrogen-bond acceptors (Lipinski definition) is 2. The molecule has 0 aliphatic carbocycles. The molecule has 2 rings (SSSR count). The van der Waals surface area contributed by atoms with E-state index in [-0.39, 0.29) is 0 Å². The van der Waals surface area contributed by atoms with Crippen molar-refractivity contribution < 1.29 is 9.48 Å². The molecule has 104 valence electrons. The van der Waals surface area contributed by atoms with Crippen LogP contribution in [-0.4, -0.2) is 18.0 Å². The molecular formula is C15H13Cl2NO2. The van der Waals surface area contributed by atoms with Gasteiger partial charge in [0.05, 0.1) is 10.6 Å². The molecule has 5 heteroatoms. The van der Waals surface area contributed by atoms with Crippen LogP contribution >= 0.6 is 23.2 Å². The summed E-state index contributed by atoms with van der Waals surface area (Å²) in [6, 6.07) is 12.9. The zero-order valence-electron chi connectivity index (χ0n) is 10.8. The molecule has 0 saturated carbocycles. The van der Waals surface area contributed by atoms with Crippen molar-refractivity contribution in [2.24, 2.45) is 0 Å². The van der Waals surface area contributed by atoms with Crippen LogP contribution in [0.2, 0.25) is 10.0 Å². The molecule has 0 unspecified atom stereocenters. The van der Waals surface area contributed by atoms with Crippen LogP contribution in [0.3, 0.4) is 0 Å². The second-order valence-corrected chi connectivity index (χ2v) is 5.10. The fourth-order valence-electron chi connectivity index (χ4n) is 1.75. The summed E-state index contributed by atoms with van der Waals surface area (Å²) in [7, 11) is 1.38. The van der Waals surface area contributed by atoms with E-state index in [1.165, 1.54) is 13.3 Å². The molecule has 0 aliphatic heterocycles. The van der Waals surface area contributed by atoms with Crippen LogP contribution in [0, 0.1) is 5.21 Å². The molecule has 20 heavy (non-hydrogen) atoms. The molecule has 0 fully saturated rings. The van der Waals surface area contributed by atoms with Crippen LogP contribution in [0.25, 0.3) is 0 Å². The number of rotatable bonds is 4. The SMILES string of the molecule is C[N+]([O-])=Cc1cc(Cl)cc(Cl)c1OCc1ccccc1. The Hall–Kier alpha value is -1.71. The number of ether oxygens (including phenoxy) is 1. The molecule has 0 aromatic heterocycles. The molecule has 0 amide bonds. The second kappa shape index (κ2) is 6.64. The van der Waals surface area contributed by atoms with Gasteiger partial charge in [0.1, 0.15) is 13.7 Å². The minimum absolute atomic E-state index is 0.367. The Morgan fingerprint density at radius 3 is 2.55 bits per heavy atom. The number of nitrogens with zero attached hydrogens (tertiary/aromatic N) is 1. The lowest BCUT2D eigenvalue weighted by Crippen LogP contribution is -2.03. The zero-order valence-corrected chi connectivity index (χ0v) is 12.4. The highest BCUT2D eigenvalue weighted by atomic mass is 35.5. The zero-order chi connectivity index (χ0) is 14.5. The molecule has 0 atom stereocenters. The second-order valence-electron chi connectivity index (χ2n) is 4.26. The summed E-state index contributed by atoms with van der Waals surface area (Å²) >= 11 is 12.1. The molecule has 0 aliphatic rings. The fourth-order valence-corrected chi connectivity index (χ4v) is 2.32. The molecule has 0 heterocycles. The topological polar surface area (TPSA) is 35.3 Å². The lowest BCUT2D eigenvalue weighted by atomic mass is 10.2. The third-order valence-corrected chi connectivity index (χ3v) is 3.08. The highest BCUT2D eigenvalue weighted by Crippen LogP contribution is 2.32. The van der Waals surface area contributed by atoms with E-state index < -0.39 is 0 Å². The van der Waals surface area contributed by atoms with E-state index in [9.17, 15) is 5.21 Å². The Morgan fingerprint density at radius 1 is 1.20 bits per heavy atom. The van der Waals surface area contributed by atoms with Gasteiger partial charge in [-0.05, 0) is 17.7 Å². The quantitative estimate of drug-likeness (QED) is 0.368. The number of benzene rings is 2. The predicted molar refractivity (Wildman–Crippen MR) is 82.0 cm³/mol. The van der Waals surface area contributed by atoms with E-state index in [1.54, 1.807) is 12.1 Å². The monoisotopic (exact) mass is 309 g/mol. The first kappa shape index (κ1) is 14.7. The highest BCUT2D eigenvalue weighted by Gasteiger charge is 2.12. The fraction of sp³-hybridized carbons (Fsp3) is 0.133. The van der Waals surface area contributed by atoms with Gasteiger partial charge in [-0.15, -0.1) is 0 Å². The summed E-state index contributed by atoms with van der Waals surface area (Å²) in [5.74, 6) is 0.447. The van der Waals surface area contributed by atoms with Gasteiger partial charge >= 0.3 is 0 Å². The molecule has 2 aromatic rings. The molecule has 0 N–H and O–H groups in total. The maximum atomic E-state index is 11.2. The van der Waals surface area contributed by atoms with Crippen LogP contribution in [0.4, 0.5) is 0 Å². The van der Waals surface area contributed by atoms with E-state index in [0.29, 0.717) is 32.7 Å². The van der Waals surface area contributed by atoms with Gasteiger partial charge in [-0.1, -0.05) is 53.5 Å². The van der Waals surface area contributed by atoms with Crippen molar-refractivity contribution in [1.82, 2.24) is 0 Å². The highest BCUT2D eigenvalue weighted by molar-refractivity contribution is 6.36. The van der Waals surface area contributed by atoms with E-state index in [2.05, 4.69) is 0 Å². The van der Waals surface area contributed by atoms with Gasteiger partial charge in [0.15, 0.2) is 12.0 Å². The van der Waals surface area contributed by atoms with Gasteiger partial charge in [0.25, 0.3) is 0 Å². The molecule has 0 bridgehead atoms. The summed E-state index contributed by atoms with van der Waals surface area (Å²) in [5.41, 5.74) is 1.57. The lowest BCUT2D eigenvalue weighted by Gasteiger charge is -2.11. The Bertz CT molecular complexity index is 623. The van der Waals surface area contributed by atoms with Gasteiger partial charge in [-0.2, -0.15) is 0 Å². The molecular weight excluding hydrogens is 297 g/mol. The van der Waals surface area contributed by atoms with Crippen molar-refractivity contribution in [2.45, 2.75) is 6.61 Å². The van der Waals surface area contributed by atoms with Crippen LogP contribution < -0.4 is 4.74 Å². The first-order chi connectivity index (χ1) is 9.56. The smallest absolute Gasteiger partial charge is 0.185 e. The third kappa shape index (κ3) is 3.89. The summed E-state index contributed by atoms with van der Waals surface area (Å²) in [4.78, 5) is 0. The first-order valence-corrected chi connectivity index (χ1v) is 6.72. The Morgan fingerprint density at radius 2 is 1.90 bits per heavy atom. The maximum absolute atomic E-state index is 11.2. The minimum atomic E-state index is 0.367. The van der Waals surface area contributed by atoms with E-state index >= 15 is 0 Å². The van der Waals surface area contributed by atoms with Gasteiger partial charge in [-0.3, -0.25) is 0 Å².